The van der Waals surface area contributed by atoms with Gasteiger partial charge in [-0.05, 0) is 43.9 Å². The third-order valence-electron chi connectivity index (χ3n) is 5.06. The van der Waals surface area contributed by atoms with E-state index in [0.29, 0.717) is 5.56 Å². The second-order valence-electron chi connectivity index (χ2n) is 6.90. The summed E-state index contributed by atoms with van der Waals surface area (Å²) in [6.07, 6.45) is 4.50. The molecule has 4 rings (SSSR count). The number of aliphatic hydroxyl groups excluding tert-OH is 1. The highest BCUT2D eigenvalue weighted by Crippen LogP contribution is 2.26. The Morgan fingerprint density at radius 2 is 1.92 bits per heavy atom. The lowest BCUT2D eigenvalue weighted by molar-refractivity contribution is 0.0867. The molecular weight excluding hydrogens is 328 g/mol. The topological polar surface area (TPSA) is 80.0 Å². The van der Waals surface area contributed by atoms with Gasteiger partial charge in [0.25, 0.3) is 5.91 Å². The summed E-state index contributed by atoms with van der Waals surface area (Å²) in [5.74, 6) is -0.115. The van der Waals surface area contributed by atoms with Crippen LogP contribution in [0.15, 0.2) is 42.6 Å². The molecule has 26 heavy (non-hydrogen) atoms. The van der Waals surface area contributed by atoms with Crippen molar-refractivity contribution in [3.63, 3.8) is 0 Å². The number of amides is 1. The Bertz CT molecular complexity index is 925. The minimum atomic E-state index is -0.225. The fourth-order valence-corrected chi connectivity index (χ4v) is 3.56. The lowest BCUT2D eigenvalue weighted by atomic mass is 9.93. The molecule has 2 N–H and O–H groups in total. The molecule has 2 heterocycles. The first-order chi connectivity index (χ1) is 12.6. The number of carbonyl (C=O) groups excluding carboxylic acids is 1. The molecule has 0 radical (unpaired) electrons. The van der Waals surface area contributed by atoms with Crippen molar-refractivity contribution in [2.45, 2.75) is 37.8 Å². The first-order valence-corrected chi connectivity index (χ1v) is 8.99. The van der Waals surface area contributed by atoms with Gasteiger partial charge in [-0.15, -0.1) is 0 Å². The summed E-state index contributed by atoms with van der Waals surface area (Å²) in [6.45, 7) is 0. The van der Waals surface area contributed by atoms with E-state index in [1.165, 1.54) is 0 Å². The van der Waals surface area contributed by atoms with E-state index >= 15 is 0 Å². The van der Waals surface area contributed by atoms with E-state index < -0.39 is 0 Å². The predicted molar refractivity (Wildman–Crippen MR) is 99.7 cm³/mol. The number of hydrogen-bond donors (Lipinski definition) is 2. The first kappa shape index (κ1) is 16.7. The Hall–Kier alpha value is -2.73. The van der Waals surface area contributed by atoms with Crippen LogP contribution in [-0.4, -0.2) is 37.9 Å². The number of aromatic nitrogens is 3. The molecule has 6 heteroatoms. The van der Waals surface area contributed by atoms with Crippen LogP contribution in [0.3, 0.4) is 0 Å². The summed E-state index contributed by atoms with van der Waals surface area (Å²) in [4.78, 5) is 16.9. The summed E-state index contributed by atoms with van der Waals surface area (Å²) >= 11 is 0. The van der Waals surface area contributed by atoms with Gasteiger partial charge in [0.1, 0.15) is 5.69 Å². The van der Waals surface area contributed by atoms with Gasteiger partial charge in [0.2, 0.25) is 0 Å². The lowest BCUT2D eigenvalue weighted by Gasteiger charge is -2.26. The number of para-hydroxylation sites is 1. The maximum atomic E-state index is 12.4. The van der Waals surface area contributed by atoms with Gasteiger partial charge in [-0.1, -0.05) is 18.2 Å². The molecule has 134 valence electrons. The van der Waals surface area contributed by atoms with Crippen molar-refractivity contribution in [2.24, 2.45) is 7.05 Å². The summed E-state index contributed by atoms with van der Waals surface area (Å²) in [6, 6.07) is 11.8. The average Bonchev–Trinajstić information content (AvgIpc) is 3.01. The number of nitrogens with zero attached hydrogens (tertiary/aromatic N) is 3. The van der Waals surface area contributed by atoms with Crippen LogP contribution in [0.1, 0.15) is 36.0 Å². The predicted octanol–water partition coefficient (Wildman–Crippen LogP) is 2.67. The van der Waals surface area contributed by atoms with Crippen LogP contribution < -0.4 is 5.32 Å². The number of carbonyl (C=O) groups is 1. The van der Waals surface area contributed by atoms with E-state index in [1.807, 2.05) is 42.1 Å². The monoisotopic (exact) mass is 350 g/mol. The second-order valence-corrected chi connectivity index (χ2v) is 6.90. The Labute approximate surface area is 151 Å². The van der Waals surface area contributed by atoms with Crippen molar-refractivity contribution < 1.29 is 9.90 Å². The number of aryl methyl sites for hydroxylation is 1. The normalized spacial score (nSPS) is 20.2. The molecule has 1 aliphatic rings. The van der Waals surface area contributed by atoms with E-state index in [1.54, 1.807) is 12.3 Å². The molecule has 0 unspecified atom stereocenters. The molecule has 1 fully saturated rings. The summed E-state index contributed by atoms with van der Waals surface area (Å²) < 4.78 is 1.84. The van der Waals surface area contributed by atoms with Gasteiger partial charge >= 0.3 is 0 Å². The largest absolute Gasteiger partial charge is 0.393 e. The summed E-state index contributed by atoms with van der Waals surface area (Å²) in [5, 5.41) is 18.2. The molecule has 1 aliphatic carbocycles. The highest BCUT2D eigenvalue weighted by molar-refractivity contribution is 5.95. The van der Waals surface area contributed by atoms with E-state index in [9.17, 15) is 9.90 Å². The Balaban J connectivity index is 1.52. The van der Waals surface area contributed by atoms with Crippen LogP contribution in [-0.2, 0) is 7.05 Å². The average molecular weight is 350 g/mol. The van der Waals surface area contributed by atoms with E-state index in [0.717, 1.165) is 48.0 Å². The summed E-state index contributed by atoms with van der Waals surface area (Å²) in [5.41, 5.74) is 3.15. The molecule has 1 amide bonds. The van der Waals surface area contributed by atoms with Crippen LogP contribution >= 0.6 is 0 Å². The quantitative estimate of drug-likeness (QED) is 0.761. The first-order valence-electron chi connectivity index (χ1n) is 8.99. The van der Waals surface area contributed by atoms with Crippen LogP contribution in [0.25, 0.3) is 22.3 Å². The number of benzene rings is 1. The van der Waals surface area contributed by atoms with Crippen molar-refractivity contribution in [1.29, 1.82) is 0 Å². The van der Waals surface area contributed by atoms with Crippen LogP contribution in [0, 0.1) is 0 Å². The number of rotatable bonds is 3. The molecule has 2 aromatic heterocycles. The maximum absolute atomic E-state index is 12.4. The van der Waals surface area contributed by atoms with Crippen molar-refractivity contribution >= 4 is 16.8 Å². The van der Waals surface area contributed by atoms with Crippen LogP contribution in [0.2, 0.25) is 0 Å². The fourth-order valence-electron chi connectivity index (χ4n) is 3.56. The third-order valence-corrected chi connectivity index (χ3v) is 5.06. The number of hydrogen-bond acceptors (Lipinski definition) is 4. The van der Waals surface area contributed by atoms with Gasteiger partial charge in [-0.25, -0.2) is 0 Å². The van der Waals surface area contributed by atoms with Crippen LogP contribution in [0.5, 0.6) is 0 Å². The van der Waals surface area contributed by atoms with Crippen molar-refractivity contribution in [2.75, 3.05) is 0 Å². The van der Waals surface area contributed by atoms with Gasteiger partial charge in [-0.3, -0.25) is 14.5 Å². The van der Waals surface area contributed by atoms with Gasteiger partial charge in [-0.2, -0.15) is 5.10 Å². The number of nitrogens with one attached hydrogen (secondary N) is 1. The van der Waals surface area contributed by atoms with Crippen molar-refractivity contribution in [1.82, 2.24) is 20.1 Å². The summed E-state index contributed by atoms with van der Waals surface area (Å²) in [7, 11) is 1.91. The highest BCUT2D eigenvalue weighted by atomic mass is 16.3. The number of pyridine rings is 1. The zero-order valence-corrected chi connectivity index (χ0v) is 14.7. The molecular formula is C20H22N4O2. The Morgan fingerprint density at radius 3 is 2.65 bits per heavy atom. The highest BCUT2D eigenvalue weighted by Gasteiger charge is 2.21. The number of aliphatic hydroxyl groups is 1. The molecule has 6 nitrogen and oxygen atoms in total. The molecule has 1 saturated carbocycles. The van der Waals surface area contributed by atoms with Gasteiger partial charge < -0.3 is 10.4 Å². The van der Waals surface area contributed by atoms with E-state index in [2.05, 4.69) is 15.4 Å². The molecule has 0 bridgehead atoms. The molecule has 0 spiro atoms. The van der Waals surface area contributed by atoms with Crippen molar-refractivity contribution in [3.05, 3.63) is 48.2 Å². The maximum Gasteiger partial charge on any atom is 0.253 e. The fraction of sp³-hybridized carbons (Fsp3) is 0.350. The van der Waals surface area contributed by atoms with Gasteiger partial charge in [0, 0.05) is 24.7 Å². The van der Waals surface area contributed by atoms with Gasteiger partial charge in [0.05, 0.1) is 22.9 Å². The van der Waals surface area contributed by atoms with Gasteiger partial charge in [0.15, 0.2) is 0 Å². The lowest BCUT2D eigenvalue weighted by Crippen LogP contribution is -2.38. The molecule has 1 aromatic carbocycles. The minimum Gasteiger partial charge on any atom is -0.393 e. The zero-order valence-electron chi connectivity index (χ0n) is 14.7. The smallest absolute Gasteiger partial charge is 0.253 e. The molecule has 0 atom stereocenters. The van der Waals surface area contributed by atoms with E-state index in [4.69, 9.17) is 0 Å². The number of fused-ring (bicyclic) bond motifs is 1. The minimum absolute atomic E-state index is 0.115. The Morgan fingerprint density at radius 1 is 1.15 bits per heavy atom. The third kappa shape index (κ3) is 3.20. The van der Waals surface area contributed by atoms with E-state index in [-0.39, 0.29) is 18.1 Å². The zero-order chi connectivity index (χ0) is 18.1. The molecule has 0 aliphatic heterocycles. The SMILES string of the molecule is Cn1nc(-c2ccc(C(=O)NC3CCC(O)CC3)cn2)c2ccccc21. The molecule has 3 aromatic rings. The Kier molecular flexibility index (Phi) is 4.42. The molecule has 0 saturated heterocycles. The standard InChI is InChI=1S/C20H22N4O2/c1-24-18-5-3-2-4-16(18)19(23-24)17-11-6-13(12-21-17)20(26)22-14-7-9-15(25)10-8-14/h2-6,11-12,14-15,25H,7-10H2,1H3,(H,22,26). The van der Waals surface area contributed by atoms with Crippen LogP contribution in [0.4, 0.5) is 0 Å². The van der Waals surface area contributed by atoms with Crippen molar-refractivity contribution in [3.8, 4) is 11.4 Å². The second kappa shape index (κ2) is 6.88.